The quantitative estimate of drug-likeness (QED) is 0.443. The van der Waals surface area contributed by atoms with Crippen molar-refractivity contribution in [1.29, 1.82) is 0 Å². The van der Waals surface area contributed by atoms with E-state index in [4.69, 9.17) is 9.47 Å². The number of piperidine rings is 1. The zero-order chi connectivity index (χ0) is 27.5. The number of H-pyrrole nitrogens is 1. The maximum atomic E-state index is 13.9. The first kappa shape index (κ1) is 27.0. The number of hydrogen-bond donors (Lipinski definition) is 3. The number of ether oxygens (including phenoxy) is 2. The van der Waals surface area contributed by atoms with Crippen molar-refractivity contribution in [1.82, 2.24) is 20.5 Å². The Bertz CT molecular complexity index is 1240. The Morgan fingerprint density at radius 2 is 1.90 bits per heavy atom. The van der Waals surface area contributed by atoms with Crippen LogP contribution in [0.3, 0.4) is 0 Å². The van der Waals surface area contributed by atoms with Crippen molar-refractivity contribution in [3.63, 3.8) is 0 Å². The van der Waals surface area contributed by atoms with Crippen LogP contribution in [0.4, 0.5) is 0 Å². The van der Waals surface area contributed by atoms with Gasteiger partial charge in [-0.3, -0.25) is 14.4 Å². The number of carbonyl (C=O) groups excluding carboxylic acids is 4. The molecular weight excluding hydrogens is 500 g/mol. The Morgan fingerprint density at radius 1 is 1.10 bits per heavy atom. The van der Waals surface area contributed by atoms with Gasteiger partial charge >= 0.3 is 5.97 Å². The first-order chi connectivity index (χ1) is 18.9. The largest absolute Gasteiger partial charge is 0.496 e. The summed E-state index contributed by atoms with van der Waals surface area (Å²) in [5.41, 5.74) is 1.17. The second-order valence-corrected chi connectivity index (χ2v) is 11.1. The highest BCUT2D eigenvalue weighted by molar-refractivity contribution is 6.02. The molecule has 10 heteroatoms. The molecule has 2 aromatic rings. The fourth-order valence-electron chi connectivity index (χ4n) is 6.66. The summed E-state index contributed by atoms with van der Waals surface area (Å²) >= 11 is 0. The second-order valence-electron chi connectivity index (χ2n) is 11.1. The zero-order valence-corrected chi connectivity index (χ0v) is 22.7. The number of benzene rings is 1. The van der Waals surface area contributed by atoms with Gasteiger partial charge in [0.05, 0.1) is 14.2 Å². The summed E-state index contributed by atoms with van der Waals surface area (Å²) in [6.07, 6.45) is 6.72. The highest BCUT2D eigenvalue weighted by Crippen LogP contribution is 2.39. The molecule has 4 atom stereocenters. The summed E-state index contributed by atoms with van der Waals surface area (Å²) in [5.74, 6) is -0.369. The summed E-state index contributed by atoms with van der Waals surface area (Å²) in [7, 11) is 2.86. The van der Waals surface area contributed by atoms with Gasteiger partial charge in [0.2, 0.25) is 11.8 Å². The fraction of sp³-hybridized carbons (Fsp3) is 0.586. The van der Waals surface area contributed by atoms with Crippen molar-refractivity contribution in [3.05, 3.63) is 30.0 Å². The molecule has 39 heavy (non-hydrogen) atoms. The number of methoxy groups -OCH3 is 2. The SMILES string of the molecule is COC(=O)[C@H](CC1CCCNC1=O)NC(=O)C1CC(C2CCCC2)CN1C(=O)c1cc2c(OC)cccc2[nH]1. The molecule has 10 nitrogen and oxygen atoms in total. The molecule has 3 aliphatic rings. The van der Waals surface area contributed by atoms with E-state index in [0.717, 1.165) is 30.2 Å². The van der Waals surface area contributed by atoms with Crippen molar-refractivity contribution < 1.29 is 28.7 Å². The van der Waals surface area contributed by atoms with Crippen LogP contribution in [0.15, 0.2) is 24.3 Å². The lowest BCUT2D eigenvalue weighted by Gasteiger charge is -2.28. The molecule has 3 amide bonds. The minimum atomic E-state index is -0.962. The number of carbonyl (C=O) groups is 4. The number of amides is 3. The lowest BCUT2D eigenvalue weighted by Crippen LogP contribution is -2.52. The van der Waals surface area contributed by atoms with E-state index in [1.807, 2.05) is 18.2 Å². The standard InChI is InChI=1S/C29H38N4O6/c1-38-25-11-5-10-21-20(25)15-22(31-21)28(36)33-16-19(17-7-3-4-8-17)14-24(33)27(35)32-23(29(37)39-2)13-18-9-6-12-30-26(18)34/h5,10-11,15,17-19,23-24,31H,3-4,6-9,12-14,16H2,1-2H3,(H,30,34)(H,32,35)/t18?,19?,23-,24?/m0/s1. The van der Waals surface area contributed by atoms with Gasteiger partial charge in [0.1, 0.15) is 23.5 Å². The predicted octanol–water partition coefficient (Wildman–Crippen LogP) is 2.77. The molecule has 3 unspecified atom stereocenters. The number of nitrogens with one attached hydrogen (secondary N) is 3. The van der Waals surface area contributed by atoms with Crippen LogP contribution in [0.1, 0.15) is 61.9 Å². The lowest BCUT2D eigenvalue weighted by atomic mass is 9.88. The molecule has 3 fully saturated rings. The van der Waals surface area contributed by atoms with Gasteiger partial charge in [0, 0.05) is 29.9 Å². The first-order valence-electron chi connectivity index (χ1n) is 14.0. The molecule has 210 valence electrons. The number of rotatable bonds is 8. The summed E-state index contributed by atoms with van der Waals surface area (Å²) in [6, 6.07) is 5.67. The summed E-state index contributed by atoms with van der Waals surface area (Å²) < 4.78 is 10.4. The van der Waals surface area contributed by atoms with Gasteiger partial charge in [-0.15, -0.1) is 0 Å². The van der Waals surface area contributed by atoms with Gasteiger partial charge < -0.3 is 30.0 Å². The number of hydrogen-bond acceptors (Lipinski definition) is 6. The van der Waals surface area contributed by atoms with Gasteiger partial charge in [0.15, 0.2) is 0 Å². The van der Waals surface area contributed by atoms with Crippen molar-refractivity contribution in [2.24, 2.45) is 17.8 Å². The van der Waals surface area contributed by atoms with E-state index in [-0.39, 0.29) is 36.0 Å². The molecule has 2 saturated heterocycles. The number of nitrogens with zero attached hydrogens (tertiary/aromatic N) is 1. The van der Waals surface area contributed by atoms with Crippen LogP contribution >= 0.6 is 0 Å². The average Bonchev–Trinajstić information content (AvgIpc) is 3.72. The van der Waals surface area contributed by atoms with Crippen molar-refractivity contribution in [3.8, 4) is 5.75 Å². The molecule has 0 bridgehead atoms. The van der Waals surface area contributed by atoms with Crippen molar-refractivity contribution in [2.45, 2.75) is 63.5 Å². The molecular formula is C29H38N4O6. The maximum Gasteiger partial charge on any atom is 0.328 e. The third-order valence-corrected chi connectivity index (χ3v) is 8.76. The first-order valence-corrected chi connectivity index (χ1v) is 14.0. The predicted molar refractivity (Wildman–Crippen MR) is 144 cm³/mol. The molecule has 3 heterocycles. The number of likely N-dealkylation sites (tertiary alicyclic amines) is 1. The van der Waals surface area contributed by atoms with E-state index < -0.39 is 18.1 Å². The Balaban J connectivity index is 1.38. The van der Waals surface area contributed by atoms with E-state index >= 15 is 0 Å². The Kier molecular flexibility index (Phi) is 8.09. The molecule has 1 aromatic carbocycles. The molecule has 5 rings (SSSR count). The lowest BCUT2D eigenvalue weighted by molar-refractivity contribution is -0.146. The topological polar surface area (TPSA) is 130 Å². The number of aromatic nitrogens is 1. The van der Waals surface area contributed by atoms with Crippen LogP contribution in [0.5, 0.6) is 5.75 Å². The van der Waals surface area contributed by atoms with Crippen LogP contribution in [-0.2, 0) is 19.1 Å². The maximum absolute atomic E-state index is 13.9. The molecule has 1 aliphatic carbocycles. The van der Waals surface area contributed by atoms with Gasteiger partial charge in [-0.2, -0.15) is 0 Å². The Morgan fingerprint density at radius 3 is 2.62 bits per heavy atom. The number of fused-ring (bicyclic) bond motifs is 1. The molecule has 1 aromatic heterocycles. The van der Waals surface area contributed by atoms with Crippen LogP contribution in [0.25, 0.3) is 10.9 Å². The third kappa shape index (κ3) is 5.60. The zero-order valence-electron chi connectivity index (χ0n) is 22.7. The summed E-state index contributed by atoms with van der Waals surface area (Å²) in [4.78, 5) is 57.4. The second kappa shape index (κ2) is 11.7. The highest BCUT2D eigenvalue weighted by atomic mass is 16.5. The van der Waals surface area contributed by atoms with Gasteiger partial charge in [0.25, 0.3) is 5.91 Å². The number of aromatic amines is 1. The van der Waals surface area contributed by atoms with E-state index in [9.17, 15) is 19.2 Å². The van der Waals surface area contributed by atoms with Crippen LogP contribution in [-0.4, -0.2) is 73.0 Å². The van der Waals surface area contributed by atoms with Crippen molar-refractivity contribution >= 4 is 34.6 Å². The van der Waals surface area contributed by atoms with E-state index in [1.165, 1.54) is 20.0 Å². The average molecular weight is 539 g/mol. The Hall–Kier alpha value is -3.56. The van der Waals surface area contributed by atoms with Crippen LogP contribution in [0.2, 0.25) is 0 Å². The van der Waals surface area contributed by atoms with E-state index in [1.54, 1.807) is 18.1 Å². The highest BCUT2D eigenvalue weighted by Gasteiger charge is 2.44. The van der Waals surface area contributed by atoms with E-state index in [0.29, 0.717) is 43.3 Å². The Labute approximate surface area is 228 Å². The van der Waals surface area contributed by atoms with Crippen molar-refractivity contribution in [2.75, 3.05) is 27.3 Å². The minimum Gasteiger partial charge on any atom is -0.496 e. The smallest absolute Gasteiger partial charge is 0.328 e. The molecule has 1 saturated carbocycles. The van der Waals surface area contributed by atoms with Gasteiger partial charge in [-0.05, 0) is 55.7 Å². The molecule has 2 aliphatic heterocycles. The van der Waals surface area contributed by atoms with Gasteiger partial charge in [-0.25, -0.2) is 4.79 Å². The number of esters is 1. The van der Waals surface area contributed by atoms with E-state index in [2.05, 4.69) is 15.6 Å². The normalized spacial score (nSPS) is 24.4. The van der Waals surface area contributed by atoms with Crippen LogP contribution in [0, 0.1) is 17.8 Å². The fourth-order valence-corrected chi connectivity index (χ4v) is 6.66. The van der Waals surface area contributed by atoms with Crippen LogP contribution < -0.4 is 15.4 Å². The summed E-state index contributed by atoms with van der Waals surface area (Å²) in [6.45, 7) is 1.11. The van der Waals surface area contributed by atoms with Gasteiger partial charge in [-0.1, -0.05) is 31.7 Å². The molecule has 3 N–H and O–H groups in total. The summed E-state index contributed by atoms with van der Waals surface area (Å²) in [5, 5.41) is 6.48. The molecule has 0 spiro atoms. The minimum absolute atomic E-state index is 0.113. The molecule has 0 radical (unpaired) electrons. The monoisotopic (exact) mass is 538 g/mol. The third-order valence-electron chi connectivity index (χ3n) is 8.76.